The first-order valence-corrected chi connectivity index (χ1v) is 6.21. The van der Waals surface area contributed by atoms with Gasteiger partial charge in [0.1, 0.15) is 0 Å². The van der Waals surface area contributed by atoms with Crippen molar-refractivity contribution in [2.45, 2.75) is 12.8 Å². The van der Waals surface area contributed by atoms with E-state index in [4.69, 9.17) is 5.73 Å². The first kappa shape index (κ1) is 13.1. The number of pyridine rings is 1. The minimum Gasteiger partial charge on any atom is -0.397 e. The maximum atomic E-state index is 12.0. The average molecular weight is 255 g/mol. The van der Waals surface area contributed by atoms with Crippen LogP contribution in [-0.4, -0.2) is 17.4 Å². The summed E-state index contributed by atoms with van der Waals surface area (Å²) in [6.45, 7) is 2.65. The molecule has 4 heteroatoms. The predicted octanol–water partition coefficient (Wildman–Crippen LogP) is 2.20. The van der Waals surface area contributed by atoms with Crippen LogP contribution in [0.1, 0.15) is 28.8 Å². The van der Waals surface area contributed by atoms with Gasteiger partial charge in [-0.15, -0.1) is 0 Å². The Balaban J connectivity index is 1.96. The number of nitrogens with two attached hydrogens (primary N) is 1. The lowest BCUT2D eigenvalue weighted by Gasteiger charge is -2.13. The quantitative estimate of drug-likeness (QED) is 0.880. The number of aromatic nitrogens is 1. The molecule has 1 aromatic carbocycles. The fourth-order valence-corrected chi connectivity index (χ4v) is 1.85. The van der Waals surface area contributed by atoms with Crippen LogP contribution in [0.3, 0.4) is 0 Å². The van der Waals surface area contributed by atoms with E-state index in [-0.39, 0.29) is 11.8 Å². The molecule has 0 radical (unpaired) electrons. The SMILES string of the molecule is CC(CNC(=O)c1ccncc1N)c1ccccc1. The van der Waals surface area contributed by atoms with E-state index in [1.54, 1.807) is 12.3 Å². The van der Waals surface area contributed by atoms with Gasteiger partial charge in [-0.05, 0) is 17.5 Å². The Morgan fingerprint density at radius 1 is 1.32 bits per heavy atom. The summed E-state index contributed by atoms with van der Waals surface area (Å²) in [6, 6.07) is 11.7. The van der Waals surface area contributed by atoms with Gasteiger partial charge in [-0.2, -0.15) is 0 Å². The molecule has 2 aromatic rings. The third-order valence-corrected chi connectivity index (χ3v) is 3.03. The molecular formula is C15H17N3O. The molecule has 0 saturated carbocycles. The number of carbonyl (C=O) groups excluding carboxylic acids is 1. The van der Waals surface area contributed by atoms with Gasteiger partial charge in [0, 0.05) is 12.7 Å². The molecule has 1 atom stereocenters. The Morgan fingerprint density at radius 2 is 2.05 bits per heavy atom. The van der Waals surface area contributed by atoms with Gasteiger partial charge < -0.3 is 11.1 Å². The lowest BCUT2D eigenvalue weighted by atomic mass is 10.0. The van der Waals surface area contributed by atoms with Gasteiger partial charge in [0.25, 0.3) is 5.91 Å². The standard InChI is InChI=1S/C15H17N3O/c1-11(12-5-3-2-4-6-12)9-18-15(19)13-7-8-17-10-14(13)16/h2-8,10-11H,9,16H2,1H3,(H,18,19). The van der Waals surface area contributed by atoms with Crippen LogP contribution in [0.15, 0.2) is 48.8 Å². The van der Waals surface area contributed by atoms with Crippen LogP contribution in [-0.2, 0) is 0 Å². The highest BCUT2D eigenvalue weighted by Crippen LogP contribution is 2.14. The minimum atomic E-state index is -0.164. The van der Waals surface area contributed by atoms with Crippen LogP contribution in [0, 0.1) is 0 Å². The van der Waals surface area contributed by atoms with E-state index in [9.17, 15) is 4.79 Å². The molecule has 1 heterocycles. The zero-order valence-electron chi connectivity index (χ0n) is 10.8. The van der Waals surface area contributed by atoms with Crippen LogP contribution in [0.5, 0.6) is 0 Å². The minimum absolute atomic E-state index is 0.164. The summed E-state index contributed by atoms with van der Waals surface area (Å²) in [5, 5.41) is 2.89. The fraction of sp³-hybridized carbons (Fsp3) is 0.200. The van der Waals surface area contributed by atoms with Crippen molar-refractivity contribution in [1.29, 1.82) is 0 Å². The van der Waals surface area contributed by atoms with Gasteiger partial charge >= 0.3 is 0 Å². The third kappa shape index (κ3) is 3.31. The maximum absolute atomic E-state index is 12.0. The number of nitrogens with zero attached hydrogens (tertiary/aromatic N) is 1. The Bertz CT molecular complexity index is 554. The lowest BCUT2D eigenvalue weighted by Crippen LogP contribution is -2.28. The maximum Gasteiger partial charge on any atom is 0.253 e. The molecule has 0 fully saturated rings. The fourth-order valence-electron chi connectivity index (χ4n) is 1.85. The van der Waals surface area contributed by atoms with Crippen LogP contribution in [0.4, 0.5) is 5.69 Å². The number of nitrogens with one attached hydrogen (secondary N) is 1. The lowest BCUT2D eigenvalue weighted by molar-refractivity contribution is 0.0952. The first-order valence-electron chi connectivity index (χ1n) is 6.21. The van der Waals surface area contributed by atoms with Crippen molar-refractivity contribution in [1.82, 2.24) is 10.3 Å². The molecule has 0 bridgehead atoms. The number of carbonyl (C=O) groups is 1. The van der Waals surface area contributed by atoms with Crippen molar-refractivity contribution >= 4 is 11.6 Å². The normalized spacial score (nSPS) is 11.8. The summed E-state index contributed by atoms with van der Waals surface area (Å²) in [4.78, 5) is 15.8. The van der Waals surface area contributed by atoms with Gasteiger partial charge in [-0.3, -0.25) is 9.78 Å². The Morgan fingerprint density at radius 3 is 2.74 bits per heavy atom. The summed E-state index contributed by atoms with van der Waals surface area (Å²) in [5.41, 5.74) is 7.78. The summed E-state index contributed by atoms with van der Waals surface area (Å²) in [5.74, 6) is 0.0934. The number of rotatable bonds is 4. The van der Waals surface area contributed by atoms with Gasteiger partial charge in [0.05, 0.1) is 17.4 Å². The number of hydrogen-bond donors (Lipinski definition) is 2. The van der Waals surface area contributed by atoms with Crippen LogP contribution < -0.4 is 11.1 Å². The molecule has 98 valence electrons. The van der Waals surface area contributed by atoms with Crippen molar-refractivity contribution in [2.24, 2.45) is 0 Å². The van der Waals surface area contributed by atoms with Gasteiger partial charge in [0.15, 0.2) is 0 Å². The van der Waals surface area contributed by atoms with Gasteiger partial charge in [-0.25, -0.2) is 0 Å². The van der Waals surface area contributed by atoms with Gasteiger partial charge in [-0.1, -0.05) is 37.3 Å². The summed E-state index contributed by atoms with van der Waals surface area (Å²) >= 11 is 0. The predicted molar refractivity (Wildman–Crippen MR) is 75.8 cm³/mol. The summed E-state index contributed by atoms with van der Waals surface area (Å²) in [6.07, 6.45) is 3.04. The van der Waals surface area contributed by atoms with E-state index in [1.807, 2.05) is 18.2 Å². The van der Waals surface area contributed by atoms with Crippen molar-refractivity contribution in [3.63, 3.8) is 0 Å². The Hall–Kier alpha value is -2.36. The molecule has 1 amide bonds. The highest BCUT2D eigenvalue weighted by Gasteiger charge is 2.11. The topological polar surface area (TPSA) is 68.0 Å². The third-order valence-electron chi connectivity index (χ3n) is 3.03. The first-order chi connectivity index (χ1) is 9.18. The Kier molecular flexibility index (Phi) is 4.13. The largest absolute Gasteiger partial charge is 0.397 e. The zero-order chi connectivity index (χ0) is 13.7. The van der Waals surface area contributed by atoms with E-state index >= 15 is 0 Å². The van der Waals surface area contributed by atoms with Crippen LogP contribution >= 0.6 is 0 Å². The molecule has 4 nitrogen and oxygen atoms in total. The number of hydrogen-bond acceptors (Lipinski definition) is 3. The molecular weight excluding hydrogens is 238 g/mol. The van der Waals surface area contributed by atoms with E-state index in [0.717, 1.165) is 0 Å². The van der Waals surface area contributed by atoms with Crippen molar-refractivity contribution in [2.75, 3.05) is 12.3 Å². The highest BCUT2D eigenvalue weighted by molar-refractivity contribution is 5.98. The zero-order valence-corrected chi connectivity index (χ0v) is 10.8. The molecule has 0 spiro atoms. The number of anilines is 1. The van der Waals surface area contributed by atoms with Crippen molar-refractivity contribution in [3.05, 3.63) is 59.9 Å². The molecule has 0 aliphatic rings. The summed E-state index contributed by atoms with van der Waals surface area (Å²) < 4.78 is 0. The smallest absolute Gasteiger partial charge is 0.253 e. The van der Waals surface area contributed by atoms with E-state index in [0.29, 0.717) is 17.8 Å². The van der Waals surface area contributed by atoms with Gasteiger partial charge in [0.2, 0.25) is 0 Å². The molecule has 0 aliphatic heterocycles. The van der Waals surface area contributed by atoms with Crippen molar-refractivity contribution < 1.29 is 4.79 Å². The molecule has 1 aromatic heterocycles. The molecule has 3 N–H and O–H groups in total. The second-order valence-electron chi connectivity index (χ2n) is 4.48. The number of nitrogen functional groups attached to an aromatic ring is 1. The van der Waals surface area contributed by atoms with Crippen LogP contribution in [0.25, 0.3) is 0 Å². The molecule has 0 aliphatic carbocycles. The molecule has 0 saturated heterocycles. The Labute approximate surface area is 112 Å². The summed E-state index contributed by atoms with van der Waals surface area (Å²) in [7, 11) is 0. The number of benzene rings is 1. The van der Waals surface area contributed by atoms with E-state index < -0.39 is 0 Å². The van der Waals surface area contributed by atoms with Crippen molar-refractivity contribution in [3.8, 4) is 0 Å². The highest BCUT2D eigenvalue weighted by atomic mass is 16.1. The van der Waals surface area contributed by atoms with E-state index in [1.165, 1.54) is 11.8 Å². The molecule has 2 rings (SSSR count). The molecule has 19 heavy (non-hydrogen) atoms. The molecule has 1 unspecified atom stereocenters. The second kappa shape index (κ2) is 6.00. The van der Waals surface area contributed by atoms with Crippen LogP contribution in [0.2, 0.25) is 0 Å². The number of amides is 1. The average Bonchev–Trinajstić information content (AvgIpc) is 2.46. The monoisotopic (exact) mass is 255 g/mol. The second-order valence-corrected chi connectivity index (χ2v) is 4.48. The van der Waals surface area contributed by atoms with E-state index in [2.05, 4.69) is 29.4 Å².